The van der Waals surface area contributed by atoms with Crippen LogP contribution in [-0.4, -0.2) is 5.44 Å². The summed E-state index contributed by atoms with van der Waals surface area (Å²) < 4.78 is 18.5. The van der Waals surface area contributed by atoms with E-state index in [1.165, 1.54) is 6.07 Å². The average molecular weight is 212 g/mol. The van der Waals surface area contributed by atoms with Gasteiger partial charge in [-0.05, 0) is 43.0 Å². The van der Waals surface area contributed by atoms with Crippen molar-refractivity contribution >= 4 is 12.6 Å². The molecule has 0 aliphatic heterocycles. The fourth-order valence-corrected chi connectivity index (χ4v) is 2.07. The summed E-state index contributed by atoms with van der Waals surface area (Å²) in [5.74, 6) is -0.164. The zero-order chi connectivity index (χ0) is 10.1. The van der Waals surface area contributed by atoms with Crippen molar-refractivity contribution in [2.24, 2.45) is 0 Å². The molecule has 1 aliphatic rings. The maximum absolute atomic E-state index is 12.9. The summed E-state index contributed by atoms with van der Waals surface area (Å²) in [7, 11) is 0. The van der Waals surface area contributed by atoms with E-state index in [1.54, 1.807) is 6.07 Å². The molecule has 0 amide bonds. The standard InChI is InChI=1S/C11H13FOS/c1-7(14)13-11-5-2-8-6-9(12)3-4-10(8)11/h3-4,6-7,11,14H,2,5H2,1H3. The van der Waals surface area contributed by atoms with Gasteiger partial charge >= 0.3 is 0 Å². The summed E-state index contributed by atoms with van der Waals surface area (Å²) in [4.78, 5) is 0. The van der Waals surface area contributed by atoms with Crippen LogP contribution < -0.4 is 0 Å². The number of rotatable bonds is 2. The summed E-state index contributed by atoms with van der Waals surface area (Å²) in [5.41, 5.74) is 2.12. The number of hydrogen-bond donors (Lipinski definition) is 1. The maximum atomic E-state index is 12.9. The van der Waals surface area contributed by atoms with Crippen LogP contribution in [0.1, 0.15) is 30.6 Å². The lowest BCUT2D eigenvalue weighted by atomic mass is 10.1. The molecule has 2 atom stereocenters. The molecule has 1 nitrogen and oxygen atoms in total. The molecule has 1 aromatic carbocycles. The number of hydrogen-bond acceptors (Lipinski definition) is 2. The van der Waals surface area contributed by atoms with Gasteiger partial charge in [0.2, 0.25) is 0 Å². The highest BCUT2D eigenvalue weighted by atomic mass is 32.1. The van der Waals surface area contributed by atoms with Crippen LogP contribution in [0.2, 0.25) is 0 Å². The molecule has 3 heteroatoms. The third kappa shape index (κ3) is 1.93. The molecule has 0 spiro atoms. The number of aryl methyl sites for hydroxylation is 1. The number of fused-ring (bicyclic) bond motifs is 1. The van der Waals surface area contributed by atoms with Crippen LogP contribution in [0.5, 0.6) is 0 Å². The van der Waals surface area contributed by atoms with Crippen molar-refractivity contribution in [2.75, 3.05) is 0 Å². The minimum absolute atomic E-state index is 0.0731. The van der Waals surface area contributed by atoms with Gasteiger partial charge in [0, 0.05) is 0 Å². The van der Waals surface area contributed by atoms with Crippen molar-refractivity contribution in [2.45, 2.75) is 31.3 Å². The molecule has 0 fully saturated rings. The zero-order valence-corrected chi connectivity index (χ0v) is 8.93. The molecule has 2 unspecified atom stereocenters. The van der Waals surface area contributed by atoms with E-state index >= 15 is 0 Å². The SMILES string of the molecule is CC(S)OC1CCc2cc(F)ccc21. The third-order valence-corrected chi connectivity index (χ3v) is 2.61. The second kappa shape index (κ2) is 3.91. The van der Waals surface area contributed by atoms with Gasteiger partial charge in [-0.15, -0.1) is 12.6 Å². The van der Waals surface area contributed by atoms with Gasteiger partial charge in [-0.1, -0.05) is 6.07 Å². The van der Waals surface area contributed by atoms with Gasteiger partial charge in [0.05, 0.1) is 11.5 Å². The normalized spacial score (nSPS) is 22.1. The van der Waals surface area contributed by atoms with E-state index < -0.39 is 0 Å². The lowest BCUT2D eigenvalue weighted by Crippen LogP contribution is -2.05. The van der Waals surface area contributed by atoms with Crippen LogP contribution in [0.25, 0.3) is 0 Å². The monoisotopic (exact) mass is 212 g/mol. The second-order valence-electron chi connectivity index (χ2n) is 3.61. The van der Waals surface area contributed by atoms with E-state index in [2.05, 4.69) is 12.6 Å². The molecule has 1 aliphatic carbocycles. The minimum atomic E-state index is -0.164. The molecule has 0 bridgehead atoms. The third-order valence-electron chi connectivity index (χ3n) is 2.49. The Kier molecular flexibility index (Phi) is 2.79. The van der Waals surface area contributed by atoms with E-state index in [1.807, 2.05) is 13.0 Å². The van der Waals surface area contributed by atoms with Gasteiger partial charge in [-0.3, -0.25) is 0 Å². The zero-order valence-electron chi connectivity index (χ0n) is 8.03. The quantitative estimate of drug-likeness (QED) is 0.585. The van der Waals surface area contributed by atoms with Crippen LogP contribution in [0.4, 0.5) is 4.39 Å². The Morgan fingerprint density at radius 3 is 3.07 bits per heavy atom. The molecule has 76 valence electrons. The molecule has 0 radical (unpaired) electrons. The van der Waals surface area contributed by atoms with Crippen LogP contribution in [-0.2, 0) is 11.2 Å². The van der Waals surface area contributed by atoms with Gasteiger partial charge < -0.3 is 4.74 Å². The Morgan fingerprint density at radius 1 is 1.57 bits per heavy atom. The first kappa shape index (κ1) is 9.99. The van der Waals surface area contributed by atoms with Gasteiger partial charge in [-0.25, -0.2) is 4.39 Å². The molecular formula is C11H13FOS. The summed E-state index contributed by atoms with van der Waals surface area (Å²) in [6.45, 7) is 1.89. The van der Waals surface area contributed by atoms with Crippen molar-refractivity contribution < 1.29 is 9.13 Å². The molecule has 0 heterocycles. The predicted octanol–water partition coefficient (Wildman–Crippen LogP) is 3.11. The fraction of sp³-hybridized carbons (Fsp3) is 0.455. The Balaban J connectivity index is 2.22. The number of benzene rings is 1. The topological polar surface area (TPSA) is 9.23 Å². The maximum Gasteiger partial charge on any atom is 0.123 e. The lowest BCUT2D eigenvalue weighted by molar-refractivity contribution is 0.0455. The summed E-state index contributed by atoms with van der Waals surface area (Å²) in [5, 5.41) is 0. The first-order valence-corrected chi connectivity index (χ1v) is 5.30. The first-order valence-electron chi connectivity index (χ1n) is 4.78. The number of ether oxygens (including phenoxy) is 1. The highest BCUT2D eigenvalue weighted by Crippen LogP contribution is 2.35. The van der Waals surface area contributed by atoms with E-state index in [0.717, 1.165) is 24.0 Å². The molecule has 0 N–H and O–H groups in total. The van der Waals surface area contributed by atoms with Gasteiger partial charge in [0.25, 0.3) is 0 Å². The molecule has 0 aromatic heterocycles. The molecule has 0 saturated carbocycles. The Hall–Kier alpha value is -0.540. The van der Waals surface area contributed by atoms with Crippen LogP contribution in [0.15, 0.2) is 18.2 Å². The van der Waals surface area contributed by atoms with Crippen molar-refractivity contribution in [3.8, 4) is 0 Å². The first-order chi connectivity index (χ1) is 6.66. The van der Waals surface area contributed by atoms with Crippen LogP contribution in [0.3, 0.4) is 0 Å². The summed E-state index contributed by atoms with van der Waals surface area (Å²) in [6, 6.07) is 4.91. The number of thiol groups is 1. The Labute approximate surface area is 88.7 Å². The van der Waals surface area contributed by atoms with E-state index in [0.29, 0.717) is 0 Å². The predicted molar refractivity (Wildman–Crippen MR) is 57.0 cm³/mol. The van der Waals surface area contributed by atoms with Crippen molar-refractivity contribution in [1.82, 2.24) is 0 Å². The highest BCUT2D eigenvalue weighted by Gasteiger charge is 2.24. The van der Waals surface area contributed by atoms with Gasteiger partial charge in [-0.2, -0.15) is 0 Å². The van der Waals surface area contributed by atoms with Gasteiger partial charge in [0.1, 0.15) is 5.82 Å². The largest absolute Gasteiger partial charge is 0.360 e. The molecule has 2 rings (SSSR count). The van der Waals surface area contributed by atoms with Crippen molar-refractivity contribution in [1.29, 1.82) is 0 Å². The van der Waals surface area contributed by atoms with Crippen LogP contribution in [0, 0.1) is 5.82 Å². The van der Waals surface area contributed by atoms with E-state index in [9.17, 15) is 4.39 Å². The summed E-state index contributed by atoms with van der Waals surface area (Å²) >= 11 is 4.19. The Bertz CT molecular complexity index is 338. The van der Waals surface area contributed by atoms with E-state index in [-0.39, 0.29) is 17.4 Å². The highest BCUT2D eigenvalue weighted by molar-refractivity contribution is 7.80. The smallest absolute Gasteiger partial charge is 0.123 e. The minimum Gasteiger partial charge on any atom is -0.360 e. The number of halogens is 1. The van der Waals surface area contributed by atoms with Gasteiger partial charge in [0.15, 0.2) is 0 Å². The average Bonchev–Trinajstić information content (AvgIpc) is 2.47. The van der Waals surface area contributed by atoms with E-state index in [4.69, 9.17) is 4.74 Å². The molecule has 14 heavy (non-hydrogen) atoms. The van der Waals surface area contributed by atoms with Crippen molar-refractivity contribution in [3.63, 3.8) is 0 Å². The fourth-order valence-electron chi connectivity index (χ4n) is 1.93. The van der Waals surface area contributed by atoms with Crippen molar-refractivity contribution in [3.05, 3.63) is 35.1 Å². The molecule has 1 aromatic rings. The van der Waals surface area contributed by atoms with Crippen LogP contribution >= 0.6 is 12.6 Å². The lowest BCUT2D eigenvalue weighted by Gasteiger charge is -2.15. The summed E-state index contributed by atoms with van der Waals surface area (Å²) in [6.07, 6.45) is 1.93. The second-order valence-corrected chi connectivity index (χ2v) is 4.33. The Morgan fingerprint density at radius 2 is 2.36 bits per heavy atom. The molecular weight excluding hydrogens is 199 g/mol. The molecule has 0 saturated heterocycles.